The Morgan fingerprint density at radius 2 is 1.53 bits per heavy atom. The Morgan fingerprint density at radius 3 is 2.15 bits per heavy atom. The first-order valence-electron chi connectivity index (χ1n) is 11.0. The number of methoxy groups -OCH3 is 2. The predicted octanol–water partition coefficient (Wildman–Crippen LogP) is 5.64. The van der Waals surface area contributed by atoms with E-state index in [1.54, 1.807) is 14.2 Å². The highest BCUT2D eigenvalue weighted by atomic mass is 79.9. The van der Waals surface area contributed by atoms with Crippen molar-refractivity contribution < 1.29 is 14.3 Å². The maximum Gasteiger partial charge on any atom is 0.273 e. The third-order valence-electron chi connectivity index (χ3n) is 6.21. The lowest BCUT2D eigenvalue weighted by Crippen LogP contribution is -2.31. The van der Waals surface area contributed by atoms with Crippen LogP contribution in [-0.4, -0.2) is 41.8 Å². The third-order valence-corrected chi connectivity index (χ3v) is 6.74. The molecule has 5 rings (SSSR count). The molecule has 0 saturated heterocycles. The number of amides is 1. The summed E-state index contributed by atoms with van der Waals surface area (Å²) in [5.74, 6) is 1.56. The van der Waals surface area contributed by atoms with Crippen LogP contribution >= 0.6 is 15.9 Å². The minimum atomic E-state index is -0.232. The average Bonchev–Trinajstić information content (AvgIpc) is 3.42. The summed E-state index contributed by atoms with van der Waals surface area (Å²) in [6.07, 6.45) is 0.734. The van der Waals surface area contributed by atoms with Crippen LogP contribution in [0.2, 0.25) is 0 Å². The zero-order valence-corrected chi connectivity index (χ0v) is 20.5. The van der Waals surface area contributed by atoms with E-state index in [4.69, 9.17) is 9.47 Å². The Hall–Kier alpha value is -3.58. The monoisotopic (exact) mass is 517 g/mol. The van der Waals surface area contributed by atoms with Crippen LogP contribution in [0, 0.1) is 0 Å². The largest absolute Gasteiger partial charge is 0.497 e. The van der Waals surface area contributed by atoms with E-state index in [1.165, 1.54) is 0 Å². The van der Waals surface area contributed by atoms with Crippen molar-refractivity contribution in [3.8, 4) is 22.8 Å². The number of carbonyl (C=O) groups is 1. The van der Waals surface area contributed by atoms with Gasteiger partial charge in [-0.1, -0.05) is 40.2 Å². The molecule has 1 atom stereocenters. The number of nitrogens with zero attached hydrogens (tertiary/aromatic N) is 2. The van der Waals surface area contributed by atoms with E-state index in [0.717, 1.165) is 50.3 Å². The predicted molar refractivity (Wildman–Crippen MR) is 134 cm³/mol. The number of rotatable bonds is 7. The Kier molecular flexibility index (Phi) is 6.11. The molecule has 6 nitrogen and oxygen atoms in total. The van der Waals surface area contributed by atoms with Gasteiger partial charge in [-0.3, -0.25) is 9.89 Å². The van der Waals surface area contributed by atoms with Crippen LogP contribution in [0.1, 0.15) is 33.2 Å². The fraction of sp³-hybridized carbons (Fsp3) is 0.185. The molecule has 0 radical (unpaired) electrons. The van der Waals surface area contributed by atoms with Gasteiger partial charge in [-0.15, -0.1) is 0 Å². The first-order valence-corrected chi connectivity index (χ1v) is 11.8. The molecule has 4 aromatic rings. The highest BCUT2D eigenvalue weighted by Crippen LogP contribution is 2.43. The number of fused-ring (bicyclic) bond motifs is 1. The number of nitrogens with one attached hydrogen (secondary N) is 1. The van der Waals surface area contributed by atoms with E-state index in [-0.39, 0.29) is 11.9 Å². The zero-order valence-electron chi connectivity index (χ0n) is 18.9. The number of carbonyl (C=O) groups excluding carboxylic acids is 1. The summed E-state index contributed by atoms with van der Waals surface area (Å²) in [6, 6.07) is 23.6. The lowest BCUT2D eigenvalue weighted by atomic mass is 9.96. The van der Waals surface area contributed by atoms with E-state index in [9.17, 15) is 4.79 Å². The number of hydrogen-bond donors (Lipinski definition) is 1. The Balaban J connectivity index is 1.52. The van der Waals surface area contributed by atoms with Crippen LogP contribution in [0.4, 0.5) is 0 Å². The lowest BCUT2D eigenvalue weighted by Gasteiger charge is -2.26. The number of aromatic amines is 1. The zero-order chi connectivity index (χ0) is 23.7. The first kappa shape index (κ1) is 22.2. The van der Waals surface area contributed by atoms with Crippen LogP contribution in [-0.2, 0) is 6.42 Å². The van der Waals surface area contributed by atoms with Crippen molar-refractivity contribution in [1.29, 1.82) is 0 Å². The number of halogens is 1. The van der Waals surface area contributed by atoms with E-state index < -0.39 is 0 Å². The molecule has 2 heterocycles. The third kappa shape index (κ3) is 4.07. The van der Waals surface area contributed by atoms with Crippen molar-refractivity contribution >= 4 is 21.8 Å². The molecule has 0 fully saturated rings. The molecule has 1 unspecified atom stereocenters. The van der Waals surface area contributed by atoms with Gasteiger partial charge in [-0.25, -0.2) is 0 Å². The van der Waals surface area contributed by atoms with E-state index in [1.807, 2.05) is 65.6 Å². The van der Waals surface area contributed by atoms with Crippen LogP contribution in [0.5, 0.6) is 11.5 Å². The second-order valence-corrected chi connectivity index (χ2v) is 9.06. The van der Waals surface area contributed by atoms with Gasteiger partial charge >= 0.3 is 0 Å². The minimum Gasteiger partial charge on any atom is -0.497 e. The molecule has 34 heavy (non-hydrogen) atoms. The normalized spacial score (nSPS) is 14.9. The van der Waals surface area contributed by atoms with Crippen molar-refractivity contribution in [2.45, 2.75) is 12.5 Å². The van der Waals surface area contributed by atoms with Gasteiger partial charge in [0.1, 0.15) is 17.2 Å². The SMILES string of the molecule is COc1ccc(CCN2C(=O)c3[nH]nc(-c4ccc(OC)cc4)c3C2c2ccc(Br)cc2)cc1. The van der Waals surface area contributed by atoms with Gasteiger partial charge in [0.25, 0.3) is 5.91 Å². The van der Waals surface area contributed by atoms with Gasteiger partial charge in [0.2, 0.25) is 0 Å². The topological polar surface area (TPSA) is 67.5 Å². The summed E-state index contributed by atoms with van der Waals surface area (Å²) < 4.78 is 11.6. The Morgan fingerprint density at radius 1 is 0.912 bits per heavy atom. The van der Waals surface area contributed by atoms with Crippen molar-refractivity contribution in [2.24, 2.45) is 0 Å². The molecule has 1 aliphatic rings. The lowest BCUT2D eigenvalue weighted by molar-refractivity contribution is 0.0746. The quantitative estimate of drug-likeness (QED) is 0.344. The molecule has 3 aromatic carbocycles. The molecule has 7 heteroatoms. The molecule has 1 aliphatic heterocycles. The number of ether oxygens (including phenoxy) is 2. The van der Waals surface area contributed by atoms with Crippen LogP contribution < -0.4 is 9.47 Å². The molecular weight excluding hydrogens is 494 g/mol. The molecule has 0 spiro atoms. The van der Waals surface area contributed by atoms with Gasteiger partial charge in [-0.2, -0.15) is 5.10 Å². The van der Waals surface area contributed by atoms with Crippen LogP contribution in [0.15, 0.2) is 77.3 Å². The fourth-order valence-electron chi connectivity index (χ4n) is 4.43. The molecule has 1 N–H and O–H groups in total. The summed E-state index contributed by atoms with van der Waals surface area (Å²) in [6.45, 7) is 0.580. The van der Waals surface area contributed by atoms with E-state index >= 15 is 0 Å². The molecule has 1 amide bonds. The summed E-state index contributed by atoms with van der Waals surface area (Å²) in [5.41, 5.74) is 5.37. The smallest absolute Gasteiger partial charge is 0.273 e. The maximum absolute atomic E-state index is 13.5. The molecule has 0 bridgehead atoms. The number of H-pyrrole nitrogens is 1. The molecule has 0 saturated carbocycles. The van der Waals surface area contributed by atoms with Crippen molar-refractivity contribution in [3.63, 3.8) is 0 Å². The summed E-state index contributed by atoms with van der Waals surface area (Å²) >= 11 is 3.52. The maximum atomic E-state index is 13.5. The molecule has 0 aliphatic carbocycles. The highest BCUT2D eigenvalue weighted by Gasteiger charge is 2.41. The van der Waals surface area contributed by atoms with Crippen LogP contribution in [0.25, 0.3) is 11.3 Å². The van der Waals surface area contributed by atoms with Gasteiger partial charge in [0, 0.05) is 22.1 Å². The second-order valence-electron chi connectivity index (χ2n) is 8.14. The van der Waals surface area contributed by atoms with Gasteiger partial charge in [0.15, 0.2) is 0 Å². The summed E-state index contributed by atoms with van der Waals surface area (Å²) in [4.78, 5) is 15.5. The Labute approximate surface area is 206 Å². The van der Waals surface area contributed by atoms with Gasteiger partial charge in [0.05, 0.1) is 26.0 Å². The minimum absolute atomic E-state index is 0.0382. The van der Waals surface area contributed by atoms with Gasteiger partial charge in [-0.05, 0) is 66.1 Å². The van der Waals surface area contributed by atoms with Crippen molar-refractivity contribution in [2.75, 3.05) is 20.8 Å². The standard InChI is InChI=1S/C27H24BrN3O3/c1-33-21-11-3-17(4-12-21)15-16-31-26(19-5-9-20(28)10-6-19)23-24(29-30-25(23)27(31)32)18-7-13-22(34-2)14-8-18/h3-14,26H,15-16H2,1-2H3,(H,29,30). The molecule has 1 aromatic heterocycles. The second kappa shape index (κ2) is 9.35. The number of benzene rings is 3. The Bertz CT molecular complexity index is 1300. The van der Waals surface area contributed by atoms with E-state index in [2.05, 4.69) is 38.3 Å². The first-order chi connectivity index (χ1) is 16.6. The number of hydrogen-bond acceptors (Lipinski definition) is 4. The van der Waals surface area contributed by atoms with Crippen LogP contribution in [0.3, 0.4) is 0 Å². The number of aromatic nitrogens is 2. The summed E-state index contributed by atoms with van der Waals surface area (Å²) in [5, 5.41) is 7.56. The van der Waals surface area contributed by atoms with Crippen molar-refractivity contribution in [1.82, 2.24) is 15.1 Å². The molecular formula is C27H24BrN3O3. The average molecular weight is 518 g/mol. The fourth-order valence-corrected chi connectivity index (χ4v) is 4.69. The summed E-state index contributed by atoms with van der Waals surface area (Å²) in [7, 11) is 3.30. The van der Waals surface area contributed by atoms with E-state index in [0.29, 0.717) is 12.2 Å². The van der Waals surface area contributed by atoms with Crippen molar-refractivity contribution in [3.05, 3.63) is 99.7 Å². The van der Waals surface area contributed by atoms with Gasteiger partial charge < -0.3 is 14.4 Å². The highest BCUT2D eigenvalue weighted by molar-refractivity contribution is 9.10. The molecule has 172 valence electrons.